The Morgan fingerprint density at radius 1 is 1.25 bits per heavy atom. The molecule has 0 spiro atoms. The molecule has 0 rings (SSSR count). The van der Waals surface area contributed by atoms with Crippen LogP contribution in [0.1, 0.15) is 0 Å². The van der Waals surface area contributed by atoms with Crippen LogP contribution in [0.5, 0.6) is 0 Å². The van der Waals surface area contributed by atoms with E-state index in [1.54, 1.807) is 0 Å². The van der Waals surface area contributed by atoms with E-state index in [-0.39, 0.29) is 43.1 Å². The van der Waals surface area contributed by atoms with Crippen LogP contribution in [0.25, 0.3) is 0 Å². The Kier molecular flexibility index (Phi) is 99.6. The molecule has 24 valence electrons. The van der Waals surface area contributed by atoms with Gasteiger partial charge >= 0.3 is 29.6 Å². The van der Waals surface area contributed by atoms with Gasteiger partial charge in [0.05, 0.1) is 0 Å². The summed E-state index contributed by atoms with van der Waals surface area (Å²) in [5, 5.41) is 0. The van der Waals surface area contributed by atoms with E-state index < -0.39 is 0 Å². The average molecular weight is 109 g/mol. The molecule has 0 aliphatic heterocycles. The molecule has 0 bridgehead atoms. The van der Waals surface area contributed by atoms with Crippen LogP contribution in [0.15, 0.2) is 0 Å². The molecule has 0 atom stereocenters. The van der Waals surface area contributed by atoms with Gasteiger partial charge in [0.2, 0.25) is 0 Å². The molecule has 0 aliphatic carbocycles. The summed E-state index contributed by atoms with van der Waals surface area (Å²) in [6.07, 6.45) is 1.47. The monoisotopic (exact) mass is 108 g/mol. The average Bonchev–Trinajstić information content (AvgIpc) is 1.00. The van der Waals surface area contributed by atoms with Gasteiger partial charge < -0.3 is 0 Å². The molecule has 0 fully saturated rings. The Hall–Kier alpha value is 1.64. The second-order valence-corrected chi connectivity index (χ2v) is 0. The van der Waals surface area contributed by atoms with Gasteiger partial charge in [-0.3, -0.25) is 0 Å². The minimum absolute atomic E-state index is 0. The van der Waals surface area contributed by atoms with Gasteiger partial charge in [0.25, 0.3) is 0 Å². The third-order valence-electron chi connectivity index (χ3n) is 0. The van der Waals surface area contributed by atoms with Crippen molar-refractivity contribution in [2.24, 2.45) is 0 Å². The Labute approximate surface area is 60.6 Å². The van der Waals surface area contributed by atoms with Gasteiger partial charge in [-0.15, -0.1) is 11.6 Å². The van der Waals surface area contributed by atoms with E-state index in [1.165, 1.54) is 6.38 Å². The Balaban J connectivity index is -0.00000000500. The maximum absolute atomic E-state index is 4.64. The summed E-state index contributed by atoms with van der Waals surface area (Å²) in [5.74, 6) is 0. The summed E-state index contributed by atoms with van der Waals surface area (Å²) in [5.41, 5.74) is 0. The summed E-state index contributed by atoms with van der Waals surface area (Å²) in [7, 11) is 0. The minimum atomic E-state index is 0. The van der Waals surface area contributed by atoms with Crippen molar-refractivity contribution in [1.29, 1.82) is 0 Å². The van der Waals surface area contributed by atoms with Crippen molar-refractivity contribution in [2.45, 2.75) is 0 Å². The van der Waals surface area contributed by atoms with Gasteiger partial charge in [0, 0.05) is 6.38 Å². The molecule has 0 unspecified atom stereocenters. The molecule has 0 aromatic rings. The van der Waals surface area contributed by atoms with Crippen molar-refractivity contribution in [2.75, 3.05) is 6.38 Å². The topological polar surface area (TPSA) is 0 Å². The fourth-order valence-corrected chi connectivity index (χ4v) is 0. The number of hydrogen-bond acceptors (Lipinski definition) is 0. The first kappa shape index (κ1) is 17.4. The summed E-state index contributed by atoms with van der Waals surface area (Å²) in [6.45, 7) is 0. The van der Waals surface area contributed by atoms with Gasteiger partial charge in [-0.2, -0.15) is 13.5 Å². The van der Waals surface area contributed by atoms with Crippen LogP contribution in [0.3, 0.4) is 0 Å². The number of hydrogen-bond donors (Lipinski definition) is 0. The van der Waals surface area contributed by atoms with Crippen LogP contribution in [0.4, 0.5) is 0 Å². The Bertz CT molecular complexity index is 8.00. The van der Waals surface area contributed by atoms with Gasteiger partial charge in [-0.1, -0.05) is 0 Å². The molecular formula is CH6ClNaS. The molecule has 0 amide bonds. The van der Waals surface area contributed by atoms with Crippen LogP contribution in [0.2, 0.25) is 0 Å². The van der Waals surface area contributed by atoms with E-state index in [0.29, 0.717) is 0 Å². The first-order chi connectivity index (χ1) is 1.00. The normalized spacial score (nSPS) is 1.50. The van der Waals surface area contributed by atoms with Crippen molar-refractivity contribution in [3.63, 3.8) is 0 Å². The third kappa shape index (κ3) is 9.43. The Morgan fingerprint density at radius 3 is 1.25 bits per heavy atom. The quantitative estimate of drug-likeness (QED) is 0.310. The molecule has 0 aromatic heterocycles. The first-order valence-corrected chi connectivity index (χ1v) is 1.13. The molecule has 0 saturated carbocycles. The van der Waals surface area contributed by atoms with Crippen LogP contribution < -0.4 is 0 Å². The predicted octanol–water partition coefficient (Wildman–Crippen LogP) is 0.319. The fourth-order valence-electron chi connectivity index (χ4n) is 0. The molecule has 0 aromatic carbocycles. The number of alkyl halides is 1. The molecule has 0 nitrogen and oxygen atoms in total. The van der Waals surface area contributed by atoms with Crippen LogP contribution >= 0.6 is 25.1 Å². The maximum atomic E-state index is 4.64. The molecule has 0 radical (unpaired) electrons. The summed E-state index contributed by atoms with van der Waals surface area (Å²) >= 11 is 4.64. The van der Waals surface area contributed by atoms with Gasteiger partial charge in [-0.25, -0.2) is 0 Å². The Morgan fingerprint density at radius 2 is 1.25 bits per heavy atom. The predicted molar refractivity (Wildman–Crippen MR) is 29.3 cm³/mol. The number of rotatable bonds is 0. The van der Waals surface area contributed by atoms with Crippen molar-refractivity contribution < 1.29 is 0 Å². The molecule has 0 aliphatic rings. The molecule has 3 heteroatoms. The zero-order valence-corrected chi connectivity index (χ0v) is 3.63. The van der Waals surface area contributed by atoms with Gasteiger partial charge in [-0.05, 0) is 0 Å². The van der Waals surface area contributed by atoms with E-state index >= 15 is 0 Å². The standard InChI is InChI=1S/CH3Cl.Na.H2S.H/c1-2;;;/h1H3;;1H2;. The zero-order valence-electron chi connectivity index (χ0n) is 1.88. The van der Waals surface area contributed by atoms with Gasteiger partial charge in [0.15, 0.2) is 0 Å². The van der Waals surface area contributed by atoms with E-state index in [4.69, 9.17) is 0 Å². The fraction of sp³-hybridized carbons (Fsp3) is 1.00. The van der Waals surface area contributed by atoms with E-state index in [0.717, 1.165) is 0 Å². The van der Waals surface area contributed by atoms with Crippen LogP contribution in [-0.2, 0) is 0 Å². The van der Waals surface area contributed by atoms with Crippen molar-refractivity contribution >= 4 is 54.7 Å². The van der Waals surface area contributed by atoms with Crippen LogP contribution in [-0.4, -0.2) is 35.9 Å². The first-order valence-electron chi connectivity index (χ1n) is 0.378. The molecule has 0 saturated heterocycles. The zero-order chi connectivity index (χ0) is 2.00. The summed E-state index contributed by atoms with van der Waals surface area (Å²) in [4.78, 5) is 0. The van der Waals surface area contributed by atoms with E-state index in [1.807, 2.05) is 0 Å². The van der Waals surface area contributed by atoms with E-state index in [2.05, 4.69) is 11.6 Å². The molecular weight excluding hydrogens is 103 g/mol. The molecule has 0 N–H and O–H groups in total. The van der Waals surface area contributed by atoms with Crippen molar-refractivity contribution in [3.8, 4) is 0 Å². The summed E-state index contributed by atoms with van der Waals surface area (Å²) < 4.78 is 0. The van der Waals surface area contributed by atoms with Crippen LogP contribution in [0, 0.1) is 0 Å². The molecule has 0 heterocycles. The third-order valence-corrected chi connectivity index (χ3v) is 0. The molecule has 4 heavy (non-hydrogen) atoms. The second-order valence-electron chi connectivity index (χ2n) is 0. The summed E-state index contributed by atoms with van der Waals surface area (Å²) in [6, 6.07) is 0. The SMILES string of the molecule is CCl.S.[NaH]. The van der Waals surface area contributed by atoms with Gasteiger partial charge in [0.1, 0.15) is 0 Å². The van der Waals surface area contributed by atoms with E-state index in [9.17, 15) is 0 Å². The second kappa shape index (κ2) is 22.9. The van der Waals surface area contributed by atoms with Crippen molar-refractivity contribution in [3.05, 3.63) is 0 Å². The van der Waals surface area contributed by atoms with Crippen molar-refractivity contribution in [1.82, 2.24) is 0 Å². The number of halogens is 1.